The number of nitrogens with zero attached hydrogens (tertiary/aromatic N) is 9. The van der Waals surface area contributed by atoms with Crippen LogP contribution in [0.15, 0.2) is 17.8 Å². The van der Waals surface area contributed by atoms with Crippen molar-refractivity contribution in [2.75, 3.05) is 81.1 Å². The fourth-order valence-electron chi connectivity index (χ4n) is 5.34. The molecule has 0 saturated carbocycles. The first-order chi connectivity index (χ1) is 20.2. The first-order valence-electron chi connectivity index (χ1n) is 14.2. The molecule has 0 unspecified atom stereocenters. The van der Waals surface area contributed by atoms with Crippen molar-refractivity contribution in [1.82, 2.24) is 34.7 Å². The van der Waals surface area contributed by atoms with E-state index in [9.17, 15) is 18.4 Å². The van der Waals surface area contributed by atoms with E-state index in [0.29, 0.717) is 90.3 Å². The van der Waals surface area contributed by atoms with Crippen LogP contribution in [0.2, 0.25) is 0 Å². The monoisotopic (exact) mass is 586 g/mol. The topological polar surface area (TPSA) is 147 Å². The quantitative estimate of drug-likeness (QED) is 0.492. The molecule has 3 fully saturated rings. The molecule has 15 heteroatoms. The largest absolute Gasteiger partial charge is 0.378 e. The molecule has 3 saturated heterocycles. The molecule has 2 aromatic rings. The average Bonchev–Trinajstić information content (AvgIpc) is 3.00. The van der Waals surface area contributed by atoms with Crippen LogP contribution in [0.4, 0.5) is 26.6 Å². The standard InChI is InChI=1S/C27H36F2N10O3/c1-17(2)15-20(40)36-5-3-18(4-6-36)24(41)37-7-9-38(10-8-37)26-33-23(19-16-31-25(30)32-21(19)22(28)29)34-27(35-26)39-11-13-42-14-12-39/h15-16,18,22H,3-14H2,1-2H3,(H2,30,31,32). The minimum absolute atomic E-state index is 0.00566. The SMILES string of the molecule is CC(C)=CC(=O)N1CCC(C(=O)N2CCN(c3nc(-c4cnc(N)nc4C(F)F)nc(N4CCOCC4)n3)CC2)CC1. The second-order valence-corrected chi connectivity index (χ2v) is 10.8. The second-order valence-electron chi connectivity index (χ2n) is 10.8. The van der Waals surface area contributed by atoms with Gasteiger partial charge in [0.05, 0.1) is 18.8 Å². The van der Waals surface area contributed by atoms with Gasteiger partial charge in [-0.05, 0) is 26.7 Å². The smallest absolute Gasteiger partial charge is 0.281 e. The lowest BCUT2D eigenvalue weighted by Crippen LogP contribution is -2.52. The average molecular weight is 587 g/mol. The summed E-state index contributed by atoms with van der Waals surface area (Å²) in [7, 11) is 0. The van der Waals surface area contributed by atoms with Crippen LogP contribution in [0, 0.1) is 5.92 Å². The highest BCUT2D eigenvalue weighted by Crippen LogP contribution is 2.30. The predicted octanol–water partition coefficient (Wildman–Crippen LogP) is 1.54. The molecule has 0 spiro atoms. The summed E-state index contributed by atoms with van der Waals surface area (Å²) >= 11 is 0. The number of likely N-dealkylation sites (tertiary alicyclic amines) is 1. The number of hydrogen-bond donors (Lipinski definition) is 1. The Bertz CT molecular complexity index is 1320. The zero-order valence-corrected chi connectivity index (χ0v) is 23.9. The summed E-state index contributed by atoms with van der Waals surface area (Å²) in [4.78, 5) is 54.5. The minimum atomic E-state index is -2.90. The molecule has 0 atom stereocenters. The molecule has 0 aliphatic carbocycles. The van der Waals surface area contributed by atoms with Crippen molar-refractivity contribution in [3.8, 4) is 11.4 Å². The van der Waals surface area contributed by atoms with Gasteiger partial charge in [-0.1, -0.05) is 5.57 Å². The molecule has 0 aromatic carbocycles. The van der Waals surface area contributed by atoms with Crippen LogP contribution in [-0.2, 0) is 14.3 Å². The van der Waals surface area contributed by atoms with Gasteiger partial charge >= 0.3 is 0 Å². The van der Waals surface area contributed by atoms with E-state index in [1.165, 1.54) is 6.20 Å². The van der Waals surface area contributed by atoms with Crippen molar-refractivity contribution in [2.24, 2.45) is 5.92 Å². The van der Waals surface area contributed by atoms with Crippen molar-refractivity contribution in [3.63, 3.8) is 0 Å². The molecule has 2 N–H and O–H groups in total. The molecular weight excluding hydrogens is 550 g/mol. The Morgan fingerprint density at radius 1 is 0.905 bits per heavy atom. The first kappa shape index (κ1) is 29.5. The maximum Gasteiger partial charge on any atom is 0.281 e. The molecule has 5 rings (SSSR count). The number of alkyl halides is 2. The number of morpholine rings is 1. The number of piperidine rings is 1. The van der Waals surface area contributed by atoms with E-state index in [0.717, 1.165) is 5.57 Å². The molecule has 42 heavy (non-hydrogen) atoms. The molecule has 13 nitrogen and oxygen atoms in total. The molecule has 3 aliphatic heterocycles. The van der Waals surface area contributed by atoms with Gasteiger partial charge in [0.25, 0.3) is 6.43 Å². The second kappa shape index (κ2) is 12.9. The van der Waals surface area contributed by atoms with Gasteiger partial charge < -0.3 is 30.1 Å². The highest BCUT2D eigenvalue weighted by atomic mass is 19.3. The third-order valence-corrected chi connectivity index (χ3v) is 7.63. The maximum atomic E-state index is 13.9. The Morgan fingerprint density at radius 2 is 1.52 bits per heavy atom. The Hall–Kier alpha value is -4.01. The number of carbonyl (C=O) groups is 2. The Morgan fingerprint density at radius 3 is 2.12 bits per heavy atom. The Kier molecular flexibility index (Phi) is 9.04. The zero-order chi connectivity index (χ0) is 29.8. The number of piperazine rings is 1. The first-order valence-corrected chi connectivity index (χ1v) is 14.2. The van der Waals surface area contributed by atoms with E-state index < -0.39 is 12.1 Å². The van der Waals surface area contributed by atoms with Crippen LogP contribution < -0.4 is 15.5 Å². The fraction of sp³-hybridized carbons (Fsp3) is 0.593. The van der Waals surface area contributed by atoms with Crippen molar-refractivity contribution in [2.45, 2.75) is 33.1 Å². The van der Waals surface area contributed by atoms with Gasteiger partial charge in [0.15, 0.2) is 5.82 Å². The van der Waals surface area contributed by atoms with Gasteiger partial charge in [0.1, 0.15) is 5.69 Å². The number of hydrogen-bond acceptors (Lipinski definition) is 11. The summed E-state index contributed by atoms with van der Waals surface area (Å²) in [5, 5.41) is 0. The van der Waals surface area contributed by atoms with Crippen molar-refractivity contribution in [1.29, 1.82) is 0 Å². The van der Waals surface area contributed by atoms with Crippen molar-refractivity contribution >= 4 is 29.7 Å². The highest BCUT2D eigenvalue weighted by molar-refractivity contribution is 5.88. The number of carbonyl (C=O) groups excluding carboxylic acids is 2. The minimum Gasteiger partial charge on any atom is -0.378 e. The number of nitrogen functional groups attached to an aromatic ring is 1. The molecule has 226 valence electrons. The number of nitrogens with two attached hydrogens (primary N) is 1. The molecule has 0 radical (unpaired) electrons. The van der Waals surface area contributed by atoms with Gasteiger partial charge in [-0.2, -0.15) is 15.0 Å². The molecule has 5 heterocycles. The highest BCUT2D eigenvalue weighted by Gasteiger charge is 2.32. The van der Waals surface area contributed by atoms with Gasteiger partial charge in [0, 0.05) is 70.5 Å². The molecule has 2 amide bonds. The normalized spacial score (nSPS) is 18.4. The van der Waals surface area contributed by atoms with Crippen LogP contribution in [0.5, 0.6) is 0 Å². The van der Waals surface area contributed by atoms with Crippen LogP contribution >= 0.6 is 0 Å². The summed E-state index contributed by atoms with van der Waals surface area (Å²) in [5.74, 6) is 0.415. The molecular formula is C27H36F2N10O3. The number of rotatable bonds is 6. The predicted molar refractivity (Wildman–Crippen MR) is 151 cm³/mol. The lowest BCUT2D eigenvalue weighted by molar-refractivity contribution is -0.139. The summed E-state index contributed by atoms with van der Waals surface area (Å²) in [6, 6.07) is 0. The van der Waals surface area contributed by atoms with Crippen LogP contribution in [0.3, 0.4) is 0 Å². The number of amides is 2. The lowest BCUT2D eigenvalue weighted by atomic mass is 9.95. The third-order valence-electron chi connectivity index (χ3n) is 7.63. The van der Waals surface area contributed by atoms with E-state index in [1.54, 1.807) is 11.0 Å². The maximum absolute atomic E-state index is 13.9. The number of allylic oxidation sites excluding steroid dienone is 1. The van der Waals surface area contributed by atoms with Gasteiger partial charge in [-0.15, -0.1) is 0 Å². The number of anilines is 3. The Balaban J connectivity index is 1.30. The van der Waals surface area contributed by atoms with Crippen LogP contribution in [0.1, 0.15) is 38.8 Å². The summed E-state index contributed by atoms with van der Waals surface area (Å²) in [6.07, 6.45) is 1.21. The van der Waals surface area contributed by atoms with Gasteiger partial charge in [-0.25, -0.2) is 18.7 Å². The fourth-order valence-corrected chi connectivity index (χ4v) is 5.34. The zero-order valence-electron chi connectivity index (χ0n) is 23.9. The third kappa shape index (κ3) is 6.72. The Labute approximate surface area is 242 Å². The van der Waals surface area contributed by atoms with E-state index in [-0.39, 0.29) is 35.1 Å². The van der Waals surface area contributed by atoms with Crippen molar-refractivity contribution in [3.05, 3.63) is 23.5 Å². The van der Waals surface area contributed by atoms with E-state index in [4.69, 9.17) is 10.5 Å². The van der Waals surface area contributed by atoms with Crippen LogP contribution in [0.25, 0.3) is 11.4 Å². The molecule has 3 aliphatic rings. The van der Waals surface area contributed by atoms with E-state index in [1.807, 2.05) is 28.5 Å². The number of halogens is 2. The molecule has 0 bridgehead atoms. The lowest BCUT2D eigenvalue weighted by Gasteiger charge is -2.38. The van der Waals surface area contributed by atoms with Gasteiger partial charge in [-0.3, -0.25) is 9.59 Å². The number of ether oxygens (including phenoxy) is 1. The van der Waals surface area contributed by atoms with E-state index >= 15 is 0 Å². The van der Waals surface area contributed by atoms with E-state index in [2.05, 4.69) is 24.9 Å². The summed E-state index contributed by atoms with van der Waals surface area (Å²) < 4.78 is 33.2. The van der Waals surface area contributed by atoms with Crippen molar-refractivity contribution < 1.29 is 23.1 Å². The molecule has 2 aromatic heterocycles. The summed E-state index contributed by atoms with van der Waals surface area (Å²) in [6.45, 7) is 8.86. The number of aromatic nitrogens is 5. The van der Waals surface area contributed by atoms with Gasteiger partial charge in [0.2, 0.25) is 29.7 Å². The summed E-state index contributed by atoms with van der Waals surface area (Å²) in [5.41, 5.74) is 5.97. The van der Waals surface area contributed by atoms with Crippen LogP contribution in [-0.4, -0.2) is 112 Å².